The Morgan fingerprint density at radius 1 is 1.00 bits per heavy atom. The smallest absolute Gasteiger partial charge is 0.333 e. The monoisotopic (exact) mass is 589 g/mol. The van der Waals surface area contributed by atoms with Crippen molar-refractivity contribution in [2.24, 2.45) is 0 Å². The molecule has 3 aromatic heterocycles. The van der Waals surface area contributed by atoms with Crippen LogP contribution in [0.3, 0.4) is 0 Å². The molecule has 0 bridgehead atoms. The Kier molecular flexibility index (Phi) is 7.23. The van der Waals surface area contributed by atoms with Gasteiger partial charge in [-0.2, -0.15) is 0 Å². The van der Waals surface area contributed by atoms with Gasteiger partial charge >= 0.3 is 5.69 Å². The molecule has 5 aromatic rings. The second kappa shape index (κ2) is 11.4. The third-order valence-corrected chi connectivity index (χ3v) is 8.97. The van der Waals surface area contributed by atoms with Gasteiger partial charge in [-0.05, 0) is 67.1 Å². The quantitative estimate of drug-likeness (QED) is 0.309. The van der Waals surface area contributed by atoms with E-state index in [1.807, 2.05) is 49.4 Å². The topological polar surface area (TPSA) is 109 Å². The minimum atomic E-state index is -0.442. The van der Waals surface area contributed by atoms with E-state index in [9.17, 15) is 14.7 Å². The summed E-state index contributed by atoms with van der Waals surface area (Å²) < 4.78 is 3.57. The van der Waals surface area contributed by atoms with Gasteiger partial charge in [0.05, 0.1) is 34.1 Å². The molecule has 0 radical (unpaired) electrons. The van der Waals surface area contributed by atoms with Gasteiger partial charge in [0.1, 0.15) is 6.61 Å². The van der Waals surface area contributed by atoms with Gasteiger partial charge < -0.3 is 15.0 Å². The lowest BCUT2D eigenvalue weighted by Crippen LogP contribution is -2.39. The lowest BCUT2D eigenvalue weighted by atomic mass is 9.89. The van der Waals surface area contributed by atoms with Crippen LogP contribution in [0.1, 0.15) is 36.9 Å². The molecule has 224 valence electrons. The highest BCUT2D eigenvalue weighted by molar-refractivity contribution is 6.04. The van der Waals surface area contributed by atoms with Crippen LogP contribution in [0.15, 0.2) is 78.0 Å². The van der Waals surface area contributed by atoms with Gasteiger partial charge in [0.2, 0.25) is 5.91 Å². The number of imidazole rings is 1. The lowest BCUT2D eigenvalue weighted by Gasteiger charge is -2.32. The number of aryl methyl sites for hydroxylation is 1. The molecule has 1 amide bonds. The van der Waals surface area contributed by atoms with E-state index in [4.69, 9.17) is 9.97 Å². The van der Waals surface area contributed by atoms with E-state index in [0.29, 0.717) is 25.6 Å². The van der Waals surface area contributed by atoms with Crippen molar-refractivity contribution >= 4 is 33.4 Å². The van der Waals surface area contributed by atoms with E-state index in [2.05, 4.69) is 42.0 Å². The molecule has 0 unspecified atom stereocenters. The normalized spacial score (nSPS) is 15.8. The number of benzene rings is 2. The number of amides is 1. The Hall–Kier alpha value is -4.80. The maximum absolute atomic E-state index is 13.8. The van der Waals surface area contributed by atoms with Gasteiger partial charge in [0.15, 0.2) is 0 Å². The summed E-state index contributed by atoms with van der Waals surface area (Å²) in [5, 5.41) is 12.0. The Labute approximate surface area is 254 Å². The zero-order valence-electron chi connectivity index (χ0n) is 24.9. The predicted octanol–water partition coefficient (Wildman–Crippen LogP) is 3.91. The van der Waals surface area contributed by atoms with E-state index in [1.165, 1.54) is 5.56 Å². The minimum Gasteiger partial charge on any atom is -0.387 e. The summed E-state index contributed by atoms with van der Waals surface area (Å²) in [7, 11) is 1.97. The Morgan fingerprint density at radius 2 is 1.77 bits per heavy atom. The molecule has 2 aliphatic rings. The maximum Gasteiger partial charge on any atom is 0.333 e. The van der Waals surface area contributed by atoms with Gasteiger partial charge in [-0.1, -0.05) is 24.3 Å². The Morgan fingerprint density at radius 3 is 2.43 bits per heavy atom. The van der Waals surface area contributed by atoms with Gasteiger partial charge in [-0.3, -0.25) is 23.9 Å². The molecule has 0 atom stereocenters. The number of aliphatic hydroxyl groups is 1. The molecule has 2 aromatic carbocycles. The van der Waals surface area contributed by atoms with Crippen LogP contribution >= 0.6 is 0 Å². The second-order valence-electron chi connectivity index (χ2n) is 11.5. The highest BCUT2D eigenvalue weighted by atomic mass is 16.3. The first-order chi connectivity index (χ1) is 21.4. The number of carbonyl (C=O) groups excluding carboxylic acids is 1. The summed E-state index contributed by atoms with van der Waals surface area (Å²) >= 11 is 0. The molecule has 10 nitrogen and oxygen atoms in total. The van der Waals surface area contributed by atoms with Crippen molar-refractivity contribution in [2.75, 3.05) is 33.3 Å². The summed E-state index contributed by atoms with van der Waals surface area (Å²) in [5.74, 6) is 0.117. The second-order valence-corrected chi connectivity index (χ2v) is 11.5. The zero-order chi connectivity index (χ0) is 30.4. The maximum atomic E-state index is 13.8. The van der Waals surface area contributed by atoms with Crippen molar-refractivity contribution in [3.63, 3.8) is 0 Å². The summed E-state index contributed by atoms with van der Waals surface area (Å²) in [6, 6.07) is 18.5. The van der Waals surface area contributed by atoms with Crippen molar-refractivity contribution < 1.29 is 9.90 Å². The molecule has 44 heavy (non-hydrogen) atoms. The van der Waals surface area contributed by atoms with Crippen LogP contribution in [0.5, 0.6) is 0 Å². The lowest BCUT2D eigenvalue weighted by molar-refractivity contribution is -0.135. The molecule has 2 N–H and O–H groups in total. The van der Waals surface area contributed by atoms with Crippen LogP contribution in [0, 0.1) is 0 Å². The molecule has 10 heteroatoms. The molecular weight excluding hydrogens is 554 g/mol. The van der Waals surface area contributed by atoms with E-state index in [0.717, 1.165) is 69.4 Å². The fourth-order valence-corrected chi connectivity index (χ4v) is 6.55. The van der Waals surface area contributed by atoms with Gasteiger partial charge in [-0.15, -0.1) is 0 Å². The number of hydrogen-bond acceptors (Lipinski definition) is 7. The van der Waals surface area contributed by atoms with E-state index in [-0.39, 0.29) is 11.6 Å². The molecule has 1 fully saturated rings. The molecule has 0 spiro atoms. The number of hydrazine groups is 1. The number of pyridine rings is 2. The molecule has 1 saturated heterocycles. The van der Waals surface area contributed by atoms with Crippen LogP contribution in [0.25, 0.3) is 44.3 Å². The molecule has 2 aliphatic heterocycles. The van der Waals surface area contributed by atoms with E-state index < -0.39 is 6.61 Å². The predicted molar refractivity (Wildman–Crippen MR) is 171 cm³/mol. The number of hydrogen-bond donors (Lipinski definition) is 2. The first kappa shape index (κ1) is 28.0. The number of aromatic nitrogens is 4. The number of piperidine rings is 1. The standard InChI is InChI=1S/C34H35N7O3/c1-3-40-31-19-36-30-11-6-24(25-7-10-29(35-17-25)26-18-37-38(2)20-26)16-28(30)33(31)41(34(40)44)27-8-4-22(5-9-27)23-12-14-39(15-13-23)32(43)21-42/h4-11,16-17,19-20,23,37,42H,3,12-15,18,21H2,1-2H3. The fourth-order valence-electron chi connectivity index (χ4n) is 6.55. The first-order valence-corrected chi connectivity index (χ1v) is 15.1. The Bertz CT molecular complexity index is 1950. The van der Waals surface area contributed by atoms with Crippen molar-refractivity contribution in [1.82, 2.24) is 34.4 Å². The third kappa shape index (κ3) is 4.86. The molecule has 0 aliphatic carbocycles. The number of carbonyl (C=O) groups is 1. The SMILES string of the molecule is CCn1c(=O)n(-c2ccc(C3CCN(C(=O)CO)CC3)cc2)c2c3cc(-c4ccc(C5=CN(C)NC5)nc4)ccc3ncc21. The van der Waals surface area contributed by atoms with Crippen LogP contribution in [-0.4, -0.2) is 73.3 Å². The average molecular weight is 590 g/mol. The number of nitrogens with one attached hydrogen (secondary N) is 1. The molecule has 5 heterocycles. The van der Waals surface area contributed by atoms with Crippen LogP contribution in [0.2, 0.25) is 0 Å². The zero-order valence-corrected chi connectivity index (χ0v) is 24.9. The number of nitrogens with zero attached hydrogens (tertiary/aromatic N) is 6. The summed E-state index contributed by atoms with van der Waals surface area (Å²) in [4.78, 5) is 36.9. The molecule has 7 rings (SSSR count). The van der Waals surface area contributed by atoms with Crippen molar-refractivity contribution in [3.8, 4) is 16.8 Å². The van der Waals surface area contributed by atoms with Crippen LogP contribution < -0.4 is 11.1 Å². The summed E-state index contributed by atoms with van der Waals surface area (Å²) in [6.07, 6.45) is 7.44. The molecular formula is C34H35N7O3. The van der Waals surface area contributed by atoms with Gasteiger partial charge in [-0.25, -0.2) is 10.2 Å². The highest BCUT2D eigenvalue weighted by Crippen LogP contribution is 2.32. The van der Waals surface area contributed by atoms with Crippen molar-refractivity contribution in [3.05, 3.63) is 94.9 Å². The molecule has 0 saturated carbocycles. The number of likely N-dealkylation sites (tertiary alicyclic amines) is 1. The number of aliphatic hydroxyl groups excluding tert-OH is 1. The van der Waals surface area contributed by atoms with Crippen LogP contribution in [0.4, 0.5) is 0 Å². The van der Waals surface area contributed by atoms with E-state index in [1.54, 1.807) is 20.2 Å². The third-order valence-electron chi connectivity index (χ3n) is 8.97. The summed E-state index contributed by atoms with van der Waals surface area (Å²) in [5.41, 5.74) is 11.7. The van der Waals surface area contributed by atoms with Gasteiger partial charge in [0, 0.05) is 62.1 Å². The first-order valence-electron chi connectivity index (χ1n) is 15.1. The highest BCUT2D eigenvalue weighted by Gasteiger charge is 2.24. The fraction of sp³-hybridized carbons (Fsp3) is 0.294. The van der Waals surface area contributed by atoms with Gasteiger partial charge in [0.25, 0.3) is 0 Å². The number of rotatable bonds is 6. The van der Waals surface area contributed by atoms with Crippen molar-refractivity contribution in [2.45, 2.75) is 32.2 Å². The largest absolute Gasteiger partial charge is 0.387 e. The summed E-state index contributed by atoms with van der Waals surface area (Å²) in [6.45, 7) is 4.10. The minimum absolute atomic E-state index is 0.0970. The van der Waals surface area contributed by atoms with E-state index >= 15 is 0 Å². The average Bonchev–Trinajstić information content (AvgIpc) is 3.64. The van der Waals surface area contributed by atoms with Crippen molar-refractivity contribution in [1.29, 1.82) is 0 Å². The Balaban J connectivity index is 1.26. The number of fused-ring (bicyclic) bond motifs is 3. The van der Waals surface area contributed by atoms with Crippen LogP contribution in [-0.2, 0) is 11.3 Å².